The van der Waals surface area contributed by atoms with Gasteiger partial charge in [0.05, 0.1) is 0 Å². The van der Waals surface area contributed by atoms with Crippen molar-refractivity contribution < 1.29 is 4.79 Å². The first-order chi connectivity index (χ1) is 7.32. The van der Waals surface area contributed by atoms with Crippen molar-refractivity contribution in [1.82, 2.24) is 15.0 Å². The molecule has 0 fully saturated rings. The highest BCUT2D eigenvalue weighted by Gasteiger charge is 2.28. The summed E-state index contributed by atoms with van der Waals surface area (Å²) in [5.74, 6) is -0.597. The Morgan fingerprint density at radius 2 is 2.00 bits per heavy atom. The number of carbonyl (C=O) groups is 1. The molecule has 3 N–H and O–H groups in total. The Morgan fingerprint density at radius 1 is 1.38 bits per heavy atom. The molecule has 0 aliphatic heterocycles. The van der Waals surface area contributed by atoms with Crippen molar-refractivity contribution in [1.29, 1.82) is 0 Å². The van der Waals surface area contributed by atoms with E-state index in [1.807, 2.05) is 0 Å². The Morgan fingerprint density at radius 3 is 2.50 bits per heavy atom. The SMILES string of the molecule is CCC(=O)Nc1nc(N)nc(C(Cl)(Cl)Cl)n1. The highest BCUT2D eigenvalue weighted by Crippen LogP contribution is 2.36. The van der Waals surface area contributed by atoms with Gasteiger partial charge < -0.3 is 5.73 Å². The lowest BCUT2D eigenvalue weighted by atomic mass is 10.5. The molecule has 0 saturated heterocycles. The number of nitrogen functional groups attached to an aromatic ring is 1. The molecule has 0 aromatic carbocycles. The molecular weight excluding hydrogens is 276 g/mol. The number of alkyl halides is 3. The molecule has 1 rings (SSSR count). The molecule has 1 heterocycles. The van der Waals surface area contributed by atoms with Gasteiger partial charge in [-0.05, 0) is 0 Å². The maximum Gasteiger partial charge on any atom is 0.250 e. The zero-order valence-electron chi connectivity index (χ0n) is 8.17. The molecule has 1 aromatic heterocycles. The molecule has 0 atom stereocenters. The minimum Gasteiger partial charge on any atom is -0.368 e. The molecule has 0 radical (unpaired) electrons. The van der Waals surface area contributed by atoms with Gasteiger partial charge in [-0.1, -0.05) is 41.7 Å². The van der Waals surface area contributed by atoms with Crippen LogP contribution in [0.15, 0.2) is 0 Å². The summed E-state index contributed by atoms with van der Waals surface area (Å²) in [7, 11) is 0. The van der Waals surface area contributed by atoms with Crippen LogP contribution >= 0.6 is 34.8 Å². The normalized spacial score (nSPS) is 11.2. The van der Waals surface area contributed by atoms with Gasteiger partial charge in [0, 0.05) is 6.42 Å². The van der Waals surface area contributed by atoms with E-state index >= 15 is 0 Å². The van der Waals surface area contributed by atoms with Crippen molar-refractivity contribution in [2.24, 2.45) is 0 Å². The lowest BCUT2D eigenvalue weighted by Gasteiger charge is -2.10. The standard InChI is InChI=1S/C7H8Cl3N5O/c1-2-3(16)12-6-14-4(7(8,9)10)13-5(11)15-6/h2H2,1H3,(H3,11,12,13,14,15,16). The molecule has 9 heteroatoms. The van der Waals surface area contributed by atoms with E-state index < -0.39 is 3.79 Å². The lowest BCUT2D eigenvalue weighted by molar-refractivity contribution is -0.115. The van der Waals surface area contributed by atoms with Crippen molar-refractivity contribution in [3.63, 3.8) is 0 Å². The van der Waals surface area contributed by atoms with Gasteiger partial charge in [-0.3, -0.25) is 10.1 Å². The van der Waals surface area contributed by atoms with Crippen LogP contribution < -0.4 is 11.1 Å². The molecule has 0 saturated carbocycles. The fraction of sp³-hybridized carbons (Fsp3) is 0.429. The van der Waals surface area contributed by atoms with E-state index in [2.05, 4.69) is 20.3 Å². The number of rotatable bonds is 2. The number of nitrogens with zero attached hydrogens (tertiary/aromatic N) is 3. The maximum absolute atomic E-state index is 11.1. The van der Waals surface area contributed by atoms with Crippen LogP contribution in [0.2, 0.25) is 0 Å². The van der Waals surface area contributed by atoms with Crippen LogP contribution in [0.5, 0.6) is 0 Å². The number of carbonyl (C=O) groups excluding carboxylic acids is 1. The van der Waals surface area contributed by atoms with Gasteiger partial charge in [0.15, 0.2) is 5.82 Å². The minimum atomic E-state index is -1.82. The summed E-state index contributed by atoms with van der Waals surface area (Å²) >= 11 is 16.7. The molecule has 0 aliphatic carbocycles. The smallest absolute Gasteiger partial charge is 0.250 e. The van der Waals surface area contributed by atoms with Gasteiger partial charge in [-0.15, -0.1) is 0 Å². The van der Waals surface area contributed by atoms with Crippen LogP contribution in [0.4, 0.5) is 11.9 Å². The molecule has 0 aliphatic rings. The number of amides is 1. The third-order valence-corrected chi connectivity index (χ3v) is 1.99. The van der Waals surface area contributed by atoms with Gasteiger partial charge in [0.25, 0.3) is 0 Å². The fourth-order valence-electron chi connectivity index (χ4n) is 0.788. The Kier molecular flexibility index (Phi) is 4.12. The van der Waals surface area contributed by atoms with E-state index in [1.165, 1.54) is 0 Å². The van der Waals surface area contributed by atoms with Crippen molar-refractivity contribution >= 4 is 52.6 Å². The van der Waals surface area contributed by atoms with E-state index in [-0.39, 0.29) is 30.0 Å². The maximum atomic E-state index is 11.1. The number of hydrogen-bond donors (Lipinski definition) is 2. The van der Waals surface area contributed by atoms with E-state index in [0.717, 1.165) is 0 Å². The number of anilines is 2. The zero-order valence-corrected chi connectivity index (χ0v) is 10.4. The number of halogens is 3. The Balaban J connectivity index is 3.04. The summed E-state index contributed by atoms with van der Waals surface area (Å²) in [4.78, 5) is 22.2. The van der Waals surface area contributed by atoms with Crippen molar-refractivity contribution in [2.45, 2.75) is 17.1 Å². The van der Waals surface area contributed by atoms with E-state index in [4.69, 9.17) is 40.5 Å². The lowest BCUT2D eigenvalue weighted by Crippen LogP contribution is -2.17. The number of aromatic nitrogens is 3. The van der Waals surface area contributed by atoms with Crippen LogP contribution in [0.1, 0.15) is 19.2 Å². The van der Waals surface area contributed by atoms with Crippen LogP contribution in [-0.2, 0) is 8.59 Å². The molecule has 0 unspecified atom stereocenters. The van der Waals surface area contributed by atoms with Crippen molar-refractivity contribution in [3.8, 4) is 0 Å². The average molecular weight is 285 g/mol. The summed E-state index contributed by atoms with van der Waals surface area (Å²) in [5, 5.41) is 2.39. The minimum absolute atomic E-state index is 0.0410. The third kappa shape index (κ3) is 3.62. The molecule has 0 bridgehead atoms. The molecule has 1 aromatic rings. The molecular formula is C7H8Cl3N5O. The first kappa shape index (κ1) is 13.2. The van der Waals surface area contributed by atoms with E-state index in [9.17, 15) is 4.79 Å². The quantitative estimate of drug-likeness (QED) is 0.805. The topological polar surface area (TPSA) is 93.8 Å². The second kappa shape index (κ2) is 4.99. The fourth-order valence-corrected chi connectivity index (χ4v) is 1.04. The predicted octanol–water partition coefficient (Wildman–Crippen LogP) is 1.63. The summed E-state index contributed by atoms with van der Waals surface area (Å²) < 4.78 is -1.82. The average Bonchev–Trinajstić information content (AvgIpc) is 2.15. The van der Waals surface area contributed by atoms with Crippen LogP contribution in [-0.4, -0.2) is 20.9 Å². The molecule has 1 amide bonds. The molecule has 6 nitrogen and oxygen atoms in total. The van der Waals surface area contributed by atoms with Crippen LogP contribution in [0, 0.1) is 0 Å². The molecule has 16 heavy (non-hydrogen) atoms. The number of hydrogen-bond acceptors (Lipinski definition) is 5. The first-order valence-electron chi connectivity index (χ1n) is 4.21. The Labute approximate surface area is 107 Å². The van der Waals surface area contributed by atoms with Crippen molar-refractivity contribution in [3.05, 3.63) is 5.82 Å². The van der Waals surface area contributed by atoms with E-state index in [0.29, 0.717) is 0 Å². The first-order valence-corrected chi connectivity index (χ1v) is 5.35. The predicted molar refractivity (Wildman–Crippen MR) is 62.4 cm³/mol. The van der Waals surface area contributed by atoms with Gasteiger partial charge in [0.2, 0.25) is 21.6 Å². The highest BCUT2D eigenvalue weighted by atomic mass is 35.6. The van der Waals surface area contributed by atoms with Crippen molar-refractivity contribution in [2.75, 3.05) is 11.1 Å². The Bertz CT molecular complexity index is 405. The monoisotopic (exact) mass is 283 g/mol. The van der Waals surface area contributed by atoms with Crippen LogP contribution in [0.25, 0.3) is 0 Å². The summed E-state index contributed by atoms with van der Waals surface area (Å²) in [6.45, 7) is 1.68. The van der Waals surface area contributed by atoms with Crippen LogP contribution in [0.3, 0.4) is 0 Å². The molecule has 0 spiro atoms. The van der Waals surface area contributed by atoms with E-state index in [1.54, 1.807) is 6.92 Å². The van der Waals surface area contributed by atoms with Gasteiger partial charge in [0.1, 0.15) is 0 Å². The molecule has 88 valence electrons. The summed E-state index contributed by atoms with van der Waals surface area (Å²) in [6.07, 6.45) is 0.273. The summed E-state index contributed by atoms with van der Waals surface area (Å²) in [6, 6.07) is 0. The second-order valence-corrected chi connectivity index (χ2v) is 5.02. The number of nitrogens with one attached hydrogen (secondary N) is 1. The van der Waals surface area contributed by atoms with Gasteiger partial charge in [-0.25, -0.2) is 0 Å². The van der Waals surface area contributed by atoms with Gasteiger partial charge in [-0.2, -0.15) is 15.0 Å². The third-order valence-electron chi connectivity index (χ3n) is 1.48. The summed E-state index contributed by atoms with van der Waals surface area (Å²) in [5.41, 5.74) is 5.38. The Hall–Kier alpha value is -0.850. The largest absolute Gasteiger partial charge is 0.368 e. The second-order valence-electron chi connectivity index (χ2n) is 2.74. The highest BCUT2D eigenvalue weighted by molar-refractivity contribution is 6.66. The van der Waals surface area contributed by atoms with Gasteiger partial charge >= 0.3 is 0 Å². The number of nitrogens with two attached hydrogens (primary N) is 1. The zero-order chi connectivity index (χ0) is 12.3.